The molecule has 0 bridgehead atoms. The third kappa shape index (κ3) is 3.90. The van der Waals surface area contributed by atoms with Crippen LogP contribution in [-0.4, -0.2) is 20.3 Å². The van der Waals surface area contributed by atoms with Gasteiger partial charge < -0.3 is 9.88 Å². The number of fused-ring (bicyclic) bond motifs is 2. The number of rotatable bonds is 6. The molecule has 0 radical (unpaired) electrons. The SMILES string of the molecule is O=C(Cn1c2ccccc2c(=O)c2ccccc21)NCc1cccc(Cn2cccn2)c1. The second-order valence-corrected chi connectivity index (χ2v) is 7.75. The summed E-state index contributed by atoms with van der Waals surface area (Å²) in [5.74, 6) is -0.110. The molecule has 0 aliphatic carbocycles. The van der Waals surface area contributed by atoms with Crippen molar-refractivity contribution in [2.24, 2.45) is 0 Å². The predicted octanol–water partition coefficient (Wildman–Crippen LogP) is 3.72. The van der Waals surface area contributed by atoms with Crippen molar-refractivity contribution in [3.05, 3.63) is 113 Å². The van der Waals surface area contributed by atoms with Crippen molar-refractivity contribution >= 4 is 27.7 Å². The maximum Gasteiger partial charge on any atom is 0.240 e. The first-order valence-corrected chi connectivity index (χ1v) is 10.5. The van der Waals surface area contributed by atoms with Gasteiger partial charge >= 0.3 is 0 Å². The number of pyridine rings is 1. The molecule has 0 spiro atoms. The van der Waals surface area contributed by atoms with Crippen LogP contribution in [0.5, 0.6) is 0 Å². The molecular formula is C26H22N4O2. The quantitative estimate of drug-likeness (QED) is 0.424. The third-order valence-corrected chi connectivity index (χ3v) is 5.57. The van der Waals surface area contributed by atoms with Crippen LogP contribution in [0.4, 0.5) is 0 Å². The molecule has 5 aromatic rings. The molecule has 1 amide bonds. The van der Waals surface area contributed by atoms with E-state index in [9.17, 15) is 9.59 Å². The van der Waals surface area contributed by atoms with Crippen LogP contribution in [0.2, 0.25) is 0 Å². The van der Waals surface area contributed by atoms with Crippen LogP contribution in [0.1, 0.15) is 11.1 Å². The van der Waals surface area contributed by atoms with E-state index in [0.717, 1.165) is 22.2 Å². The number of nitrogens with zero attached hydrogens (tertiary/aromatic N) is 3. The lowest BCUT2D eigenvalue weighted by Gasteiger charge is -2.15. The molecule has 0 fully saturated rings. The van der Waals surface area contributed by atoms with Crippen molar-refractivity contribution < 1.29 is 4.79 Å². The molecule has 0 atom stereocenters. The molecule has 6 heteroatoms. The van der Waals surface area contributed by atoms with E-state index in [1.54, 1.807) is 6.20 Å². The highest BCUT2D eigenvalue weighted by Gasteiger charge is 2.12. The summed E-state index contributed by atoms with van der Waals surface area (Å²) in [4.78, 5) is 25.7. The summed E-state index contributed by atoms with van der Waals surface area (Å²) in [5, 5.41) is 8.49. The second kappa shape index (κ2) is 8.51. The molecule has 0 aliphatic heterocycles. The van der Waals surface area contributed by atoms with Crippen molar-refractivity contribution in [3.8, 4) is 0 Å². The summed E-state index contributed by atoms with van der Waals surface area (Å²) >= 11 is 0. The number of nitrogens with one attached hydrogen (secondary N) is 1. The summed E-state index contributed by atoms with van der Waals surface area (Å²) in [6.45, 7) is 1.25. The normalized spacial score (nSPS) is 11.1. The van der Waals surface area contributed by atoms with Crippen molar-refractivity contribution in [2.75, 3.05) is 0 Å². The average molecular weight is 422 g/mol. The Morgan fingerprint density at radius 3 is 2.22 bits per heavy atom. The Hall–Kier alpha value is -4.19. The molecule has 6 nitrogen and oxygen atoms in total. The number of carbonyl (C=O) groups is 1. The zero-order chi connectivity index (χ0) is 21.9. The summed E-state index contributed by atoms with van der Waals surface area (Å²) < 4.78 is 3.78. The van der Waals surface area contributed by atoms with Crippen LogP contribution in [0.15, 0.2) is 96.1 Å². The predicted molar refractivity (Wildman–Crippen MR) is 125 cm³/mol. The van der Waals surface area contributed by atoms with Gasteiger partial charge in [-0.1, -0.05) is 48.5 Å². The van der Waals surface area contributed by atoms with Gasteiger partial charge in [-0.2, -0.15) is 5.10 Å². The van der Waals surface area contributed by atoms with Gasteiger partial charge in [0.1, 0.15) is 6.54 Å². The van der Waals surface area contributed by atoms with Crippen molar-refractivity contribution in [3.63, 3.8) is 0 Å². The van der Waals surface area contributed by atoms with Crippen LogP contribution in [0.3, 0.4) is 0 Å². The molecule has 32 heavy (non-hydrogen) atoms. The maximum atomic E-state index is 12.9. The fourth-order valence-corrected chi connectivity index (χ4v) is 4.07. The molecule has 0 aliphatic rings. The fourth-order valence-electron chi connectivity index (χ4n) is 4.07. The van der Waals surface area contributed by atoms with Crippen LogP contribution in [0.25, 0.3) is 21.8 Å². The number of amides is 1. The van der Waals surface area contributed by atoms with E-state index in [4.69, 9.17) is 0 Å². The van der Waals surface area contributed by atoms with E-state index in [0.29, 0.717) is 23.9 Å². The van der Waals surface area contributed by atoms with Gasteiger partial charge in [0.15, 0.2) is 5.43 Å². The van der Waals surface area contributed by atoms with Crippen LogP contribution >= 0.6 is 0 Å². The zero-order valence-corrected chi connectivity index (χ0v) is 17.4. The van der Waals surface area contributed by atoms with Gasteiger partial charge in [-0.05, 0) is 41.5 Å². The number of para-hydroxylation sites is 2. The topological polar surface area (TPSA) is 68.9 Å². The van der Waals surface area contributed by atoms with E-state index >= 15 is 0 Å². The lowest BCUT2D eigenvalue weighted by Crippen LogP contribution is -2.28. The van der Waals surface area contributed by atoms with Gasteiger partial charge in [0.2, 0.25) is 5.91 Å². The Morgan fingerprint density at radius 2 is 1.53 bits per heavy atom. The monoisotopic (exact) mass is 422 g/mol. The molecule has 0 saturated carbocycles. The van der Waals surface area contributed by atoms with Gasteiger partial charge in [-0.25, -0.2) is 0 Å². The minimum atomic E-state index is -0.110. The van der Waals surface area contributed by atoms with E-state index in [1.165, 1.54) is 0 Å². The first kappa shape index (κ1) is 19.8. The minimum absolute atomic E-state index is 0.0122. The number of hydrogen-bond donors (Lipinski definition) is 1. The molecular weight excluding hydrogens is 400 g/mol. The Morgan fingerprint density at radius 1 is 0.844 bits per heavy atom. The third-order valence-electron chi connectivity index (χ3n) is 5.57. The molecule has 5 rings (SSSR count). The highest BCUT2D eigenvalue weighted by atomic mass is 16.2. The van der Waals surface area contributed by atoms with Crippen molar-refractivity contribution in [2.45, 2.75) is 19.6 Å². The van der Waals surface area contributed by atoms with Crippen LogP contribution in [0, 0.1) is 0 Å². The average Bonchev–Trinajstić information content (AvgIpc) is 3.34. The molecule has 2 aromatic heterocycles. The summed E-state index contributed by atoms with van der Waals surface area (Å²) in [7, 11) is 0. The molecule has 0 unspecified atom stereocenters. The Balaban J connectivity index is 1.37. The van der Waals surface area contributed by atoms with E-state index < -0.39 is 0 Å². The highest BCUT2D eigenvalue weighted by Crippen LogP contribution is 2.19. The Labute approximate surface area is 184 Å². The van der Waals surface area contributed by atoms with Gasteiger partial charge in [-0.3, -0.25) is 14.3 Å². The largest absolute Gasteiger partial charge is 0.350 e. The summed E-state index contributed by atoms with van der Waals surface area (Å²) in [6, 6.07) is 24.9. The van der Waals surface area contributed by atoms with Crippen LogP contribution in [-0.2, 0) is 24.4 Å². The fraction of sp³-hybridized carbons (Fsp3) is 0.115. The van der Waals surface area contributed by atoms with Crippen molar-refractivity contribution in [1.29, 1.82) is 0 Å². The van der Waals surface area contributed by atoms with Gasteiger partial charge in [-0.15, -0.1) is 0 Å². The maximum absolute atomic E-state index is 12.9. The van der Waals surface area contributed by atoms with Crippen molar-refractivity contribution in [1.82, 2.24) is 19.7 Å². The van der Waals surface area contributed by atoms with Gasteiger partial charge in [0.05, 0.1) is 17.6 Å². The molecule has 1 N–H and O–H groups in total. The zero-order valence-electron chi connectivity index (χ0n) is 17.4. The van der Waals surface area contributed by atoms with Gasteiger partial charge in [0, 0.05) is 29.7 Å². The molecule has 2 heterocycles. The van der Waals surface area contributed by atoms with Gasteiger partial charge in [0.25, 0.3) is 0 Å². The smallest absolute Gasteiger partial charge is 0.240 e. The number of aromatic nitrogens is 3. The Kier molecular flexibility index (Phi) is 5.25. The summed E-state index contributed by atoms with van der Waals surface area (Å²) in [5.41, 5.74) is 3.65. The standard InChI is InChI=1S/C26H22N4O2/c31-25(27-16-19-7-5-8-20(15-19)17-29-14-6-13-28-29)18-30-23-11-3-1-9-21(23)26(32)22-10-2-4-12-24(22)30/h1-15H,16-18H2,(H,27,31). The van der Waals surface area contributed by atoms with E-state index in [1.807, 2.05) is 88.2 Å². The second-order valence-electron chi connectivity index (χ2n) is 7.75. The lowest BCUT2D eigenvalue weighted by molar-refractivity contribution is -0.121. The lowest BCUT2D eigenvalue weighted by atomic mass is 10.1. The minimum Gasteiger partial charge on any atom is -0.350 e. The van der Waals surface area contributed by atoms with E-state index in [-0.39, 0.29) is 17.9 Å². The highest BCUT2D eigenvalue weighted by molar-refractivity contribution is 5.94. The number of benzene rings is 3. The number of carbonyl (C=O) groups excluding carboxylic acids is 1. The first-order chi connectivity index (χ1) is 15.7. The van der Waals surface area contributed by atoms with E-state index in [2.05, 4.69) is 16.5 Å². The number of hydrogen-bond acceptors (Lipinski definition) is 3. The summed E-state index contributed by atoms with van der Waals surface area (Å²) in [6.07, 6.45) is 3.68. The molecule has 3 aromatic carbocycles. The molecule has 0 saturated heterocycles. The Bertz CT molecular complexity index is 1410. The first-order valence-electron chi connectivity index (χ1n) is 10.5. The van der Waals surface area contributed by atoms with Crippen LogP contribution < -0.4 is 10.7 Å². The molecule has 158 valence electrons.